The van der Waals surface area contributed by atoms with Gasteiger partial charge in [-0.05, 0) is 40.5 Å². The number of carbonyl (C=O) groups excluding carboxylic acids is 9. The van der Waals surface area contributed by atoms with Gasteiger partial charge in [0.1, 0.15) is 66.8 Å². The zero-order valence-electron chi connectivity index (χ0n) is 67.0. The third-order valence-corrected chi connectivity index (χ3v) is 21.1. The van der Waals surface area contributed by atoms with Crippen LogP contribution in [-0.4, -0.2) is 262 Å². The summed E-state index contributed by atoms with van der Waals surface area (Å²) in [6.45, 7) is 12.5. The number of nitrogens with zero attached hydrogens (tertiary/aromatic N) is 4. The van der Waals surface area contributed by atoms with Gasteiger partial charge >= 0.3 is 71.3 Å². The number of alkyl halides is 3. The second-order valence-electron chi connectivity index (χ2n) is 27.4. The number of phosphoric acid groups is 3. The van der Waals surface area contributed by atoms with Gasteiger partial charge in [0.15, 0.2) is 42.2 Å². The molecule has 0 aliphatic carbocycles. The lowest BCUT2D eigenvalue weighted by molar-refractivity contribution is -0.162. The lowest BCUT2D eigenvalue weighted by Crippen LogP contribution is -2.55. The Bertz CT molecular complexity index is 3990. The van der Waals surface area contributed by atoms with E-state index in [1.807, 2.05) is 0 Å². The highest BCUT2D eigenvalue weighted by Crippen LogP contribution is 2.56. The zero-order valence-corrected chi connectivity index (χ0v) is 69.7. The van der Waals surface area contributed by atoms with E-state index in [0.717, 1.165) is 68.8 Å². The van der Waals surface area contributed by atoms with E-state index in [0.29, 0.717) is 9.13 Å². The summed E-state index contributed by atoms with van der Waals surface area (Å²) in [5.74, 6) is -6.46. The fourth-order valence-corrected chi connectivity index (χ4v) is 13.1. The van der Waals surface area contributed by atoms with Crippen LogP contribution >= 0.6 is 23.5 Å². The number of nitrogens with one attached hydrogen (secondary N) is 2. The summed E-state index contributed by atoms with van der Waals surface area (Å²) >= 11 is 0. The van der Waals surface area contributed by atoms with Crippen LogP contribution < -0.4 is 21.9 Å². The van der Waals surface area contributed by atoms with Gasteiger partial charge in [-0.2, -0.15) is 0 Å². The first-order valence-electron chi connectivity index (χ1n) is 35.5. The van der Waals surface area contributed by atoms with Crippen LogP contribution in [0.4, 0.5) is 22.8 Å². The molecule has 6 heterocycles. The number of carbonyl (C=O) groups is 9. The summed E-state index contributed by atoms with van der Waals surface area (Å²) in [6, 6.07) is 0.877. The molecule has 0 saturated carbocycles. The Hall–Kier alpha value is -8.17. The highest BCUT2D eigenvalue weighted by molar-refractivity contribution is 7.49. The summed E-state index contributed by atoms with van der Waals surface area (Å²) in [5.41, 5.74) is -16.0. The van der Waals surface area contributed by atoms with Crippen molar-refractivity contribution >= 4 is 77.4 Å². The topological polar surface area (TPSA) is 595 Å². The van der Waals surface area contributed by atoms with Crippen molar-refractivity contribution in [2.45, 2.75) is 174 Å². The molecule has 0 radical (unpaired) electrons. The number of esters is 5. The van der Waals surface area contributed by atoms with Crippen molar-refractivity contribution in [3.05, 3.63) is 82.5 Å². The number of halogens is 3. The molecule has 1 aromatic rings. The Kier molecular flexibility index (Phi) is 38.6. The molecular weight excluding hydrogens is 1680 g/mol. The molecule has 5 aliphatic heterocycles. The molecule has 53 heteroatoms. The summed E-state index contributed by atoms with van der Waals surface area (Å²) in [4.78, 5) is 132. The normalized spacial score (nSPS) is 26.4. The van der Waals surface area contributed by atoms with Gasteiger partial charge in [-0.15, -0.1) is 0 Å². The molecule has 6 rings (SSSR count). The second-order valence-corrected chi connectivity index (χ2v) is 32.4. The first kappa shape index (κ1) is 103. The molecule has 13 atom stereocenters. The molecule has 3 fully saturated rings. The molecule has 1 aromatic heterocycles. The van der Waals surface area contributed by atoms with Gasteiger partial charge in [0.25, 0.3) is 17.4 Å². The molecular formula is C66H100F3N6O41P3. The summed E-state index contributed by atoms with van der Waals surface area (Å²) in [6.07, 6.45) is -7.91. The number of aliphatic hydroxyl groups is 6. The molecule has 0 spiro atoms. The van der Waals surface area contributed by atoms with Gasteiger partial charge in [0.2, 0.25) is 40.8 Å². The van der Waals surface area contributed by atoms with E-state index in [-0.39, 0.29) is 30.8 Å². The van der Waals surface area contributed by atoms with E-state index in [1.165, 1.54) is 26.2 Å². The van der Waals surface area contributed by atoms with Crippen LogP contribution in [0.2, 0.25) is 0 Å². The summed E-state index contributed by atoms with van der Waals surface area (Å²) in [5, 5.41) is 70.4. The van der Waals surface area contributed by atoms with Crippen LogP contribution in [0.1, 0.15) is 103 Å². The maximum atomic E-state index is 14.7. The maximum absolute atomic E-state index is 14.7. The molecule has 47 nitrogen and oxygen atoms in total. The Balaban J connectivity index is 0.000000381. The van der Waals surface area contributed by atoms with Crippen molar-refractivity contribution in [2.75, 3.05) is 93.8 Å². The van der Waals surface area contributed by atoms with Crippen molar-refractivity contribution < 1.29 is 198 Å². The molecule has 5 aliphatic rings. The molecule has 2 amide bonds. The molecule has 3 saturated heterocycles. The second kappa shape index (κ2) is 44.6. The van der Waals surface area contributed by atoms with Crippen molar-refractivity contribution in [3.8, 4) is 0 Å². The number of phosphoric ester groups is 3. The Morgan fingerprint density at radius 3 is 1.12 bits per heavy atom. The minimum Gasteiger partial charge on any atom is -0.443 e. The molecule has 0 bridgehead atoms. The van der Waals surface area contributed by atoms with Crippen molar-refractivity contribution in [2.24, 2.45) is 23.7 Å². The summed E-state index contributed by atoms with van der Waals surface area (Å²) < 4.78 is 187. The monoisotopic (exact) mass is 1780 g/mol. The predicted molar refractivity (Wildman–Crippen MR) is 385 cm³/mol. The van der Waals surface area contributed by atoms with E-state index in [9.17, 15) is 110 Å². The lowest BCUT2D eigenvalue weighted by Gasteiger charge is -2.37. The Labute approximate surface area is 677 Å². The minimum absolute atomic E-state index is 0.0261. The van der Waals surface area contributed by atoms with E-state index in [4.69, 9.17) is 69.1 Å². The van der Waals surface area contributed by atoms with Crippen LogP contribution in [0.3, 0.4) is 0 Å². The predicted octanol–water partition coefficient (Wildman–Crippen LogP) is 2.40. The van der Waals surface area contributed by atoms with Gasteiger partial charge in [-0.1, -0.05) is 61.6 Å². The Morgan fingerprint density at radius 1 is 0.496 bits per heavy atom. The van der Waals surface area contributed by atoms with Crippen molar-refractivity contribution in [3.63, 3.8) is 0 Å². The first-order valence-corrected chi connectivity index (χ1v) is 39.8. The van der Waals surface area contributed by atoms with E-state index < -0.39 is 264 Å². The van der Waals surface area contributed by atoms with E-state index in [2.05, 4.69) is 52.2 Å². The molecule has 119 heavy (non-hydrogen) atoms. The molecule has 0 aromatic carbocycles. The quantitative estimate of drug-likeness (QED) is 0.0202. The number of rotatable bonds is 41. The smallest absolute Gasteiger partial charge is 0.443 e. The Morgan fingerprint density at radius 2 is 0.815 bits per heavy atom. The average molecular weight is 1780 g/mol. The summed E-state index contributed by atoms with van der Waals surface area (Å²) in [7, 11) is -14.4. The van der Waals surface area contributed by atoms with Crippen LogP contribution in [0.15, 0.2) is 71.2 Å². The zero-order chi connectivity index (χ0) is 90.2. The van der Waals surface area contributed by atoms with Crippen LogP contribution in [0.5, 0.6) is 0 Å². The number of aliphatic hydroxyl groups excluding tert-OH is 3. The third-order valence-electron chi connectivity index (χ3n) is 17.3. The van der Waals surface area contributed by atoms with E-state index in [1.54, 1.807) is 48.5 Å². The standard InChI is InChI=1S/C26H40FN2O17P.C22H34FN2O12P.C18H26FN2O12P/c1-7-38-23(34)41-14-44-47(37,45-15-42-24(35)39-8-2)43-12-26(11-27)20(32)25(6,36)21(46-26)28-10-9-18(30)29(22(28)33)13-40-19(31)17(5)16(3)4;1-13(2)17(27)32-11-35-38(31,36-12-33-18(28)14(3)4)34-10-22(9-23)19(29)21(6,30)20(37-22)25-8-7-16(26)24-15(25)5;1-11-20-14(24)5-6-21(11)16-17(4,26)15(25)18(7-19,33-16)8-30-34(27,31-9-28-12(2)22)32-10-29-13(3)23/h9-10,16-17,20-21,32,36H,7-8,11-15H2,1-6H3;7-8,13-14,19-20,29-30H,5,9-12H2,1-4,6H3,(H,24,26);5-6,15-16,25-26H,1,7-10H2,2-4H3,(H,20,24)/t17?,20-,21+,25+,26+;19-,20+,21+,22+;15-,16+,17+,18+/m000/s1. The third kappa shape index (κ3) is 27.7. The minimum atomic E-state index is -4.96. The molecule has 8 N–H and O–H groups in total. The number of hydrogen-bond acceptors (Lipinski definition) is 43. The lowest BCUT2D eigenvalue weighted by atomic mass is 9.88. The fraction of sp³-hybridized carbons (Fsp3) is 0.682. The van der Waals surface area contributed by atoms with Crippen molar-refractivity contribution in [1.82, 2.24) is 29.6 Å². The van der Waals surface area contributed by atoms with Gasteiger partial charge in [0, 0.05) is 50.7 Å². The van der Waals surface area contributed by atoms with Gasteiger partial charge in [-0.25, -0.2) is 73.0 Å². The highest BCUT2D eigenvalue weighted by atomic mass is 31.2. The SMILES string of the molecule is C=C1NC(=O)C=CN1[C@@H]1O[C@](CF)(COP(=O)(OCOC(=O)C(C)C)OCOC(=O)C(C)C)[C@@H](O)[C@@]1(C)O.C=C1NC(=O)C=CN1[C@@H]1O[C@](CF)(COP(=O)(OCOC(C)=O)OCOC(C)=O)[C@@H](O)[C@@]1(C)O.CCOC(=O)OCOP(=O)(OCOC(=O)OCC)OC[C@@]1(CF)O[C@@H](n2ccc(=O)n(COC(=O)C(C)C(C)C)c2=O)[C@](C)(O)[C@@H]1O. The first-order chi connectivity index (χ1) is 55.3. The number of hydrogen-bond donors (Lipinski definition) is 8. The highest BCUT2D eigenvalue weighted by Gasteiger charge is 2.67. The van der Waals surface area contributed by atoms with Gasteiger partial charge < -0.3 is 108 Å². The number of ether oxygens (including phenoxy) is 12. The average Bonchev–Trinajstić information content (AvgIpc) is 1.60. The number of amides is 2. The maximum Gasteiger partial charge on any atom is 0.510 e. The number of aromatic nitrogens is 2. The largest absolute Gasteiger partial charge is 0.510 e. The van der Waals surface area contributed by atoms with Crippen molar-refractivity contribution in [1.29, 1.82) is 0 Å². The van der Waals surface area contributed by atoms with E-state index >= 15 is 0 Å². The van der Waals surface area contributed by atoms with Gasteiger partial charge in [0.05, 0.1) is 50.8 Å². The fourth-order valence-electron chi connectivity index (χ4n) is 10.3. The molecule has 1 unspecified atom stereocenters. The van der Waals surface area contributed by atoms with Crippen LogP contribution in [0.25, 0.3) is 0 Å². The van der Waals surface area contributed by atoms with Gasteiger partial charge in [-0.3, -0.25) is 56.5 Å². The van der Waals surface area contributed by atoms with Crippen LogP contribution in [0, 0.1) is 23.7 Å². The van der Waals surface area contributed by atoms with Crippen LogP contribution in [-0.2, 0) is 152 Å². The molecule has 676 valence electrons.